The Kier molecular flexibility index (Phi) is 3.24. The molecule has 0 aromatic heterocycles. The van der Waals surface area contributed by atoms with Crippen molar-refractivity contribution >= 4 is 5.91 Å². The van der Waals surface area contributed by atoms with E-state index >= 15 is 0 Å². The van der Waals surface area contributed by atoms with E-state index in [0.717, 1.165) is 0 Å². The number of nitrogens with zero attached hydrogens (tertiary/aromatic N) is 1. The third-order valence-corrected chi connectivity index (χ3v) is 1.31. The molecule has 1 amide bonds. The maximum absolute atomic E-state index is 10.5. The highest BCUT2D eigenvalue weighted by Gasteiger charge is 2.09. The van der Waals surface area contributed by atoms with Gasteiger partial charge in [-0.3, -0.25) is 4.79 Å². The minimum atomic E-state index is -0.623. The molecule has 0 aliphatic carbocycles. The SMILES string of the molecule is CCC(O)N(C)C(C)=O. The van der Waals surface area contributed by atoms with Crippen LogP contribution in [0.1, 0.15) is 20.3 Å². The van der Waals surface area contributed by atoms with Gasteiger partial charge in [-0.25, -0.2) is 0 Å². The van der Waals surface area contributed by atoms with Crippen molar-refractivity contribution in [2.75, 3.05) is 7.05 Å². The molecule has 0 saturated heterocycles. The summed E-state index contributed by atoms with van der Waals surface area (Å²) in [4.78, 5) is 11.8. The van der Waals surface area contributed by atoms with Crippen LogP contribution in [0.15, 0.2) is 0 Å². The second-order valence-corrected chi connectivity index (χ2v) is 2.02. The van der Waals surface area contributed by atoms with Crippen molar-refractivity contribution in [3.8, 4) is 0 Å². The highest BCUT2D eigenvalue weighted by Crippen LogP contribution is 1.95. The first-order valence-corrected chi connectivity index (χ1v) is 3.01. The Labute approximate surface area is 55.3 Å². The summed E-state index contributed by atoms with van der Waals surface area (Å²) in [5.74, 6) is -0.107. The molecule has 0 aromatic rings. The van der Waals surface area contributed by atoms with Gasteiger partial charge < -0.3 is 10.0 Å². The molecular formula is C6H13NO2. The highest BCUT2D eigenvalue weighted by atomic mass is 16.3. The van der Waals surface area contributed by atoms with Crippen LogP contribution in [-0.4, -0.2) is 29.2 Å². The Morgan fingerprint density at radius 1 is 1.78 bits per heavy atom. The van der Waals surface area contributed by atoms with Gasteiger partial charge in [0.05, 0.1) is 0 Å². The molecule has 0 fully saturated rings. The number of aliphatic hydroxyl groups excluding tert-OH is 1. The molecule has 0 bridgehead atoms. The number of hydrogen-bond acceptors (Lipinski definition) is 2. The molecule has 3 nitrogen and oxygen atoms in total. The smallest absolute Gasteiger partial charge is 0.221 e. The quantitative estimate of drug-likeness (QED) is 0.543. The summed E-state index contributed by atoms with van der Waals surface area (Å²) in [5.41, 5.74) is 0. The molecule has 0 rings (SSSR count). The van der Waals surface area contributed by atoms with Gasteiger partial charge >= 0.3 is 0 Å². The van der Waals surface area contributed by atoms with E-state index in [1.54, 1.807) is 7.05 Å². The number of rotatable bonds is 2. The van der Waals surface area contributed by atoms with Gasteiger partial charge in [-0.05, 0) is 6.42 Å². The van der Waals surface area contributed by atoms with Gasteiger partial charge in [-0.1, -0.05) is 6.92 Å². The third-order valence-electron chi connectivity index (χ3n) is 1.31. The van der Waals surface area contributed by atoms with Crippen molar-refractivity contribution < 1.29 is 9.90 Å². The van der Waals surface area contributed by atoms with E-state index in [-0.39, 0.29) is 5.91 Å². The summed E-state index contributed by atoms with van der Waals surface area (Å²) in [6.07, 6.45) is -0.0432. The second-order valence-electron chi connectivity index (χ2n) is 2.02. The summed E-state index contributed by atoms with van der Waals surface area (Å²) in [5, 5.41) is 9.00. The standard InChI is InChI=1S/C6H13NO2/c1-4-6(9)7(3)5(2)8/h6,9H,4H2,1-3H3. The molecule has 9 heavy (non-hydrogen) atoms. The Morgan fingerprint density at radius 2 is 2.22 bits per heavy atom. The fourth-order valence-electron chi connectivity index (χ4n) is 0.484. The van der Waals surface area contributed by atoms with E-state index in [4.69, 9.17) is 5.11 Å². The Morgan fingerprint density at radius 3 is 2.33 bits per heavy atom. The molecule has 1 N–H and O–H groups in total. The van der Waals surface area contributed by atoms with Crippen molar-refractivity contribution in [2.45, 2.75) is 26.5 Å². The number of carbonyl (C=O) groups excluding carboxylic acids is 1. The lowest BCUT2D eigenvalue weighted by molar-refractivity contribution is -0.136. The van der Waals surface area contributed by atoms with Crippen LogP contribution in [0.3, 0.4) is 0 Å². The van der Waals surface area contributed by atoms with Crippen LogP contribution >= 0.6 is 0 Å². The summed E-state index contributed by atoms with van der Waals surface area (Å²) < 4.78 is 0. The van der Waals surface area contributed by atoms with Gasteiger partial charge in [0.25, 0.3) is 0 Å². The van der Waals surface area contributed by atoms with Gasteiger partial charge in [0.15, 0.2) is 0 Å². The molecule has 0 aliphatic rings. The maximum atomic E-state index is 10.5. The van der Waals surface area contributed by atoms with E-state index in [9.17, 15) is 4.79 Å². The molecule has 0 saturated carbocycles. The normalized spacial score (nSPS) is 12.9. The fraction of sp³-hybridized carbons (Fsp3) is 0.833. The maximum Gasteiger partial charge on any atom is 0.221 e. The summed E-state index contributed by atoms with van der Waals surface area (Å²) >= 11 is 0. The van der Waals surface area contributed by atoms with Gasteiger partial charge in [0, 0.05) is 14.0 Å². The van der Waals surface area contributed by atoms with Crippen LogP contribution in [0.4, 0.5) is 0 Å². The zero-order valence-electron chi connectivity index (χ0n) is 6.09. The lowest BCUT2D eigenvalue weighted by Gasteiger charge is -2.20. The summed E-state index contributed by atoms with van der Waals surface area (Å²) in [7, 11) is 1.58. The fourth-order valence-corrected chi connectivity index (χ4v) is 0.484. The first-order chi connectivity index (χ1) is 4.09. The van der Waals surface area contributed by atoms with Crippen LogP contribution in [0.2, 0.25) is 0 Å². The van der Waals surface area contributed by atoms with Gasteiger partial charge in [0.1, 0.15) is 6.23 Å². The van der Waals surface area contributed by atoms with Crippen molar-refractivity contribution in [3.63, 3.8) is 0 Å². The second kappa shape index (κ2) is 3.45. The van der Waals surface area contributed by atoms with Crippen molar-refractivity contribution in [3.05, 3.63) is 0 Å². The number of hydrogen-bond donors (Lipinski definition) is 1. The first-order valence-electron chi connectivity index (χ1n) is 3.01. The molecule has 0 aliphatic heterocycles. The zero-order valence-corrected chi connectivity index (χ0v) is 6.09. The molecule has 0 heterocycles. The Balaban J connectivity index is 3.72. The minimum absolute atomic E-state index is 0.107. The monoisotopic (exact) mass is 131 g/mol. The number of aliphatic hydroxyl groups is 1. The number of carbonyl (C=O) groups is 1. The average molecular weight is 131 g/mol. The van der Waals surface area contributed by atoms with E-state index in [0.29, 0.717) is 6.42 Å². The molecule has 0 aromatic carbocycles. The van der Waals surface area contributed by atoms with Crippen molar-refractivity contribution in [1.29, 1.82) is 0 Å². The summed E-state index contributed by atoms with van der Waals surface area (Å²) in [6.45, 7) is 3.25. The highest BCUT2D eigenvalue weighted by molar-refractivity contribution is 5.72. The molecular weight excluding hydrogens is 118 g/mol. The third kappa shape index (κ3) is 2.46. The van der Waals surface area contributed by atoms with Crippen LogP contribution < -0.4 is 0 Å². The Hall–Kier alpha value is -0.570. The van der Waals surface area contributed by atoms with E-state index in [1.807, 2.05) is 6.92 Å². The number of amides is 1. The van der Waals surface area contributed by atoms with E-state index in [2.05, 4.69) is 0 Å². The molecule has 0 spiro atoms. The van der Waals surface area contributed by atoms with Crippen molar-refractivity contribution in [1.82, 2.24) is 4.90 Å². The van der Waals surface area contributed by atoms with Crippen LogP contribution in [0.25, 0.3) is 0 Å². The predicted molar refractivity (Wildman–Crippen MR) is 34.7 cm³/mol. The lowest BCUT2D eigenvalue weighted by Crippen LogP contribution is -2.34. The largest absolute Gasteiger partial charge is 0.374 e. The molecule has 1 unspecified atom stereocenters. The van der Waals surface area contributed by atoms with E-state index < -0.39 is 6.23 Å². The van der Waals surface area contributed by atoms with E-state index in [1.165, 1.54) is 11.8 Å². The Bertz CT molecular complexity index is 103. The lowest BCUT2D eigenvalue weighted by atomic mass is 10.4. The van der Waals surface area contributed by atoms with Crippen LogP contribution in [0, 0.1) is 0 Å². The summed E-state index contributed by atoms with van der Waals surface area (Å²) in [6, 6.07) is 0. The van der Waals surface area contributed by atoms with Gasteiger partial charge in [0.2, 0.25) is 5.91 Å². The van der Waals surface area contributed by atoms with Crippen LogP contribution in [-0.2, 0) is 4.79 Å². The first kappa shape index (κ1) is 8.43. The predicted octanol–water partition coefficient (Wildman–Crippen LogP) is 0.193. The molecule has 1 atom stereocenters. The average Bonchev–Trinajstić information content (AvgIpc) is 1.84. The topological polar surface area (TPSA) is 40.5 Å². The molecule has 54 valence electrons. The molecule has 0 radical (unpaired) electrons. The molecule has 3 heteroatoms. The zero-order chi connectivity index (χ0) is 7.44. The van der Waals surface area contributed by atoms with Crippen LogP contribution in [0.5, 0.6) is 0 Å². The van der Waals surface area contributed by atoms with Crippen molar-refractivity contribution in [2.24, 2.45) is 0 Å². The minimum Gasteiger partial charge on any atom is -0.374 e. The van der Waals surface area contributed by atoms with Gasteiger partial charge in [-0.15, -0.1) is 0 Å². The van der Waals surface area contributed by atoms with Gasteiger partial charge in [-0.2, -0.15) is 0 Å².